The van der Waals surface area contributed by atoms with Crippen LogP contribution in [-0.4, -0.2) is 16.1 Å². The Balaban J connectivity index is 1.88. The fourth-order valence-electron chi connectivity index (χ4n) is 3.59. The lowest BCUT2D eigenvalue weighted by Gasteiger charge is -2.08. The fourth-order valence-corrected chi connectivity index (χ4v) is 3.59. The van der Waals surface area contributed by atoms with Gasteiger partial charge in [0.1, 0.15) is 5.69 Å². The first kappa shape index (κ1) is 17.7. The van der Waals surface area contributed by atoms with Gasteiger partial charge in [0.25, 0.3) is 11.7 Å². The molecule has 0 aliphatic heterocycles. The Morgan fingerprint density at radius 1 is 0.857 bits per heavy atom. The van der Waals surface area contributed by atoms with Gasteiger partial charge in [-0.25, -0.2) is 0 Å². The number of aryl methyl sites for hydroxylation is 1. The van der Waals surface area contributed by atoms with E-state index in [0.29, 0.717) is 11.4 Å². The summed E-state index contributed by atoms with van der Waals surface area (Å²) in [5.41, 5.74) is 4.74. The molecule has 4 nitrogen and oxygen atoms in total. The zero-order valence-electron chi connectivity index (χ0n) is 15.6. The van der Waals surface area contributed by atoms with E-state index in [1.807, 2.05) is 77.3 Å². The number of fused-ring (bicyclic) bond motifs is 1. The van der Waals surface area contributed by atoms with Crippen LogP contribution in [0.1, 0.15) is 23.0 Å². The van der Waals surface area contributed by atoms with Crippen LogP contribution >= 0.6 is 0 Å². The zero-order valence-corrected chi connectivity index (χ0v) is 15.6. The Kier molecular flexibility index (Phi) is 4.77. The third kappa shape index (κ3) is 3.09. The molecule has 0 bridgehead atoms. The number of nitrogens with one attached hydrogen (secondary N) is 1. The Morgan fingerprint density at radius 2 is 1.50 bits per heavy atom. The van der Waals surface area contributed by atoms with Crippen LogP contribution in [-0.2, 0) is 11.2 Å². The van der Waals surface area contributed by atoms with Gasteiger partial charge in [-0.1, -0.05) is 61.5 Å². The van der Waals surface area contributed by atoms with Crippen molar-refractivity contribution in [3.05, 3.63) is 96.3 Å². The number of carbonyl (C=O) groups is 2. The fraction of sp³-hybridized carbons (Fsp3) is 0.0833. The van der Waals surface area contributed by atoms with Crippen molar-refractivity contribution in [2.45, 2.75) is 13.3 Å². The van der Waals surface area contributed by atoms with Crippen molar-refractivity contribution in [2.75, 3.05) is 5.32 Å². The average molecular weight is 368 g/mol. The standard InChI is InChI=1S/C24H20N2O2/c1-2-19-20-15-9-10-16-26(20)22(21(19)17-11-5-3-6-12-17)23(27)24(28)25-18-13-7-4-8-14-18/h3-16H,2H2,1H3,(H,25,28). The average Bonchev–Trinajstić information content (AvgIpc) is 3.08. The van der Waals surface area contributed by atoms with Gasteiger partial charge < -0.3 is 9.72 Å². The van der Waals surface area contributed by atoms with E-state index in [9.17, 15) is 9.59 Å². The number of ketones is 1. The summed E-state index contributed by atoms with van der Waals surface area (Å²) >= 11 is 0. The lowest BCUT2D eigenvalue weighted by atomic mass is 9.97. The first-order chi connectivity index (χ1) is 13.7. The second-order valence-electron chi connectivity index (χ2n) is 6.53. The molecule has 4 heteroatoms. The van der Waals surface area contributed by atoms with E-state index in [2.05, 4.69) is 12.2 Å². The van der Waals surface area contributed by atoms with Gasteiger partial charge in [-0.15, -0.1) is 0 Å². The molecule has 0 saturated heterocycles. The molecule has 0 fully saturated rings. The topological polar surface area (TPSA) is 50.6 Å². The highest BCUT2D eigenvalue weighted by molar-refractivity contribution is 6.47. The van der Waals surface area contributed by atoms with Crippen molar-refractivity contribution in [1.82, 2.24) is 4.40 Å². The SMILES string of the molecule is CCc1c(-c2ccccc2)c(C(=O)C(=O)Nc2ccccc2)n2ccccc12. The first-order valence-electron chi connectivity index (χ1n) is 9.28. The van der Waals surface area contributed by atoms with Crippen molar-refractivity contribution in [3.8, 4) is 11.1 Å². The van der Waals surface area contributed by atoms with Crippen LogP contribution in [0.2, 0.25) is 0 Å². The molecule has 0 spiro atoms. The highest BCUT2D eigenvalue weighted by atomic mass is 16.2. The van der Waals surface area contributed by atoms with E-state index in [1.165, 1.54) is 0 Å². The lowest BCUT2D eigenvalue weighted by molar-refractivity contribution is -0.112. The number of para-hydroxylation sites is 1. The Morgan fingerprint density at radius 3 is 2.18 bits per heavy atom. The van der Waals surface area contributed by atoms with E-state index in [1.54, 1.807) is 12.1 Å². The number of nitrogens with zero attached hydrogens (tertiary/aromatic N) is 1. The molecule has 0 atom stereocenters. The van der Waals surface area contributed by atoms with Crippen LogP contribution in [0.5, 0.6) is 0 Å². The van der Waals surface area contributed by atoms with Crippen molar-refractivity contribution in [2.24, 2.45) is 0 Å². The third-order valence-corrected chi connectivity index (χ3v) is 4.82. The van der Waals surface area contributed by atoms with E-state index >= 15 is 0 Å². The maximum Gasteiger partial charge on any atom is 0.298 e. The van der Waals surface area contributed by atoms with Gasteiger partial charge in [0, 0.05) is 23.0 Å². The molecule has 1 amide bonds. The number of Topliss-reactive ketones (excluding diaryl/α,β-unsaturated/α-hetero) is 1. The van der Waals surface area contributed by atoms with Gasteiger partial charge in [0.2, 0.25) is 0 Å². The molecule has 0 aliphatic rings. The Labute approximate surface area is 163 Å². The molecule has 2 heterocycles. The molecular formula is C24H20N2O2. The number of carbonyl (C=O) groups excluding carboxylic acids is 2. The molecule has 28 heavy (non-hydrogen) atoms. The second kappa shape index (κ2) is 7.53. The monoisotopic (exact) mass is 368 g/mol. The number of hydrogen-bond acceptors (Lipinski definition) is 2. The zero-order chi connectivity index (χ0) is 19.5. The van der Waals surface area contributed by atoms with E-state index in [0.717, 1.165) is 28.6 Å². The van der Waals surface area contributed by atoms with E-state index < -0.39 is 11.7 Å². The summed E-state index contributed by atoms with van der Waals surface area (Å²) in [7, 11) is 0. The molecule has 4 aromatic rings. The summed E-state index contributed by atoms with van der Waals surface area (Å²) in [4.78, 5) is 26.0. The molecule has 2 aromatic carbocycles. The van der Waals surface area contributed by atoms with Gasteiger partial charge >= 0.3 is 0 Å². The predicted molar refractivity (Wildman–Crippen MR) is 112 cm³/mol. The molecule has 0 aliphatic carbocycles. The number of aromatic nitrogens is 1. The normalized spacial score (nSPS) is 10.8. The highest BCUT2D eigenvalue weighted by Crippen LogP contribution is 2.34. The molecule has 0 saturated carbocycles. The van der Waals surface area contributed by atoms with Crippen LogP contribution in [0, 0.1) is 0 Å². The maximum atomic E-state index is 13.3. The van der Waals surface area contributed by atoms with Crippen LogP contribution < -0.4 is 5.32 Å². The third-order valence-electron chi connectivity index (χ3n) is 4.82. The van der Waals surface area contributed by atoms with Gasteiger partial charge in [0.15, 0.2) is 0 Å². The van der Waals surface area contributed by atoms with Gasteiger partial charge in [0.05, 0.1) is 0 Å². The maximum absolute atomic E-state index is 13.3. The minimum absolute atomic E-state index is 0.395. The molecule has 0 radical (unpaired) electrons. The summed E-state index contributed by atoms with van der Waals surface area (Å²) in [5, 5.41) is 2.71. The summed E-state index contributed by atoms with van der Waals surface area (Å²) in [6.07, 6.45) is 2.59. The number of anilines is 1. The summed E-state index contributed by atoms with van der Waals surface area (Å²) in [6.45, 7) is 2.06. The van der Waals surface area contributed by atoms with Crippen LogP contribution in [0.4, 0.5) is 5.69 Å². The number of hydrogen-bond donors (Lipinski definition) is 1. The molecular weight excluding hydrogens is 348 g/mol. The number of rotatable bonds is 5. The van der Waals surface area contributed by atoms with Gasteiger partial charge in [-0.2, -0.15) is 0 Å². The first-order valence-corrected chi connectivity index (χ1v) is 9.28. The predicted octanol–water partition coefficient (Wildman–Crippen LogP) is 4.99. The van der Waals surface area contributed by atoms with E-state index in [4.69, 9.17) is 0 Å². The van der Waals surface area contributed by atoms with Crippen molar-refractivity contribution in [1.29, 1.82) is 0 Å². The molecule has 138 valence electrons. The van der Waals surface area contributed by atoms with Crippen LogP contribution in [0.15, 0.2) is 85.1 Å². The quantitative estimate of drug-likeness (QED) is 0.398. The molecule has 2 aromatic heterocycles. The summed E-state index contributed by atoms with van der Waals surface area (Å²) in [6, 6.07) is 24.6. The summed E-state index contributed by atoms with van der Waals surface area (Å²) in [5.74, 6) is -1.20. The summed E-state index contributed by atoms with van der Waals surface area (Å²) < 4.78 is 1.83. The van der Waals surface area contributed by atoms with Gasteiger partial charge in [-0.05, 0) is 41.8 Å². The minimum Gasteiger partial charge on any atom is -0.319 e. The second-order valence-corrected chi connectivity index (χ2v) is 6.53. The van der Waals surface area contributed by atoms with Crippen molar-refractivity contribution < 1.29 is 9.59 Å². The smallest absolute Gasteiger partial charge is 0.298 e. The van der Waals surface area contributed by atoms with Gasteiger partial charge in [-0.3, -0.25) is 9.59 Å². The highest BCUT2D eigenvalue weighted by Gasteiger charge is 2.27. The Bertz CT molecular complexity index is 1150. The van der Waals surface area contributed by atoms with Crippen molar-refractivity contribution in [3.63, 3.8) is 0 Å². The molecule has 1 N–H and O–H groups in total. The largest absolute Gasteiger partial charge is 0.319 e. The molecule has 4 rings (SSSR count). The Hall–Kier alpha value is -3.66. The molecule has 0 unspecified atom stereocenters. The van der Waals surface area contributed by atoms with Crippen LogP contribution in [0.25, 0.3) is 16.6 Å². The number of amides is 1. The number of pyridine rings is 1. The minimum atomic E-state index is -0.644. The van der Waals surface area contributed by atoms with E-state index in [-0.39, 0.29) is 0 Å². The number of benzene rings is 2. The van der Waals surface area contributed by atoms with Crippen LogP contribution in [0.3, 0.4) is 0 Å². The lowest BCUT2D eigenvalue weighted by Crippen LogP contribution is -2.24. The van der Waals surface area contributed by atoms with Crippen molar-refractivity contribution >= 4 is 22.9 Å².